The van der Waals surface area contributed by atoms with Gasteiger partial charge in [-0.15, -0.1) is 0 Å². The van der Waals surface area contributed by atoms with E-state index in [1.165, 1.54) is 12.1 Å². The lowest BCUT2D eigenvalue weighted by Crippen LogP contribution is -2.25. The van der Waals surface area contributed by atoms with Crippen molar-refractivity contribution >= 4 is 11.6 Å². The van der Waals surface area contributed by atoms with Gasteiger partial charge in [0, 0.05) is 36.5 Å². The first-order valence-corrected chi connectivity index (χ1v) is 13.2. The number of carbonyl (C=O) groups excluding carboxylic acids is 1. The molecule has 1 amide bonds. The lowest BCUT2D eigenvalue weighted by atomic mass is 9.94. The van der Waals surface area contributed by atoms with Crippen molar-refractivity contribution in [2.45, 2.75) is 51.4 Å². The van der Waals surface area contributed by atoms with E-state index in [0.29, 0.717) is 28.1 Å². The van der Waals surface area contributed by atoms with Crippen molar-refractivity contribution in [2.75, 3.05) is 11.9 Å². The molecule has 4 rings (SSSR count). The standard InChI is InChI=1S/C32H35FN2O4/c1-21(2)30-29(32(39)34-25-11-7-4-8-12-25)28(22-9-5-3-6-10-22)31(23-13-15-24(33)16-14-23)35(30)20-27(38)19-26(37)17-18-36/h3-16,21,26-27,36-38H,17-20H2,1-2H3,(H,34,39). The van der Waals surface area contributed by atoms with E-state index in [-0.39, 0.29) is 43.6 Å². The van der Waals surface area contributed by atoms with E-state index < -0.39 is 12.2 Å². The molecule has 0 saturated carbocycles. The van der Waals surface area contributed by atoms with Crippen LogP contribution in [-0.2, 0) is 6.54 Å². The van der Waals surface area contributed by atoms with E-state index in [1.54, 1.807) is 12.1 Å². The van der Waals surface area contributed by atoms with Crippen LogP contribution in [0, 0.1) is 5.82 Å². The fourth-order valence-corrected chi connectivity index (χ4v) is 5.03. The number of anilines is 1. The third kappa shape index (κ3) is 6.63. The van der Waals surface area contributed by atoms with Gasteiger partial charge >= 0.3 is 0 Å². The molecular weight excluding hydrogens is 495 g/mol. The van der Waals surface area contributed by atoms with Gasteiger partial charge in [0.05, 0.1) is 23.5 Å². The second-order valence-corrected chi connectivity index (χ2v) is 10.00. The number of aromatic nitrogens is 1. The Hall–Kier alpha value is -3.78. The molecule has 3 aromatic carbocycles. The van der Waals surface area contributed by atoms with Crippen LogP contribution in [0.15, 0.2) is 84.9 Å². The SMILES string of the molecule is CC(C)c1c(C(=O)Nc2ccccc2)c(-c2ccccc2)c(-c2ccc(F)cc2)n1CC(O)CC(O)CCO. The third-order valence-corrected chi connectivity index (χ3v) is 6.69. The van der Waals surface area contributed by atoms with Gasteiger partial charge in [0.1, 0.15) is 5.82 Å². The average Bonchev–Trinajstić information content (AvgIpc) is 3.25. The minimum absolute atomic E-state index is 0.0609. The number of aliphatic hydroxyl groups excluding tert-OH is 3. The van der Waals surface area contributed by atoms with E-state index in [4.69, 9.17) is 0 Å². The van der Waals surface area contributed by atoms with Gasteiger partial charge in [0.25, 0.3) is 5.91 Å². The maximum absolute atomic E-state index is 14.0. The molecule has 0 radical (unpaired) electrons. The van der Waals surface area contributed by atoms with Crippen LogP contribution in [0.4, 0.5) is 10.1 Å². The summed E-state index contributed by atoms with van der Waals surface area (Å²) in [6.07, 6.45) is -1.60. The number of rotatable bonds is 11. The van der Waals surface area contributed by atoms with Crippen LogP contribution in [0.1, 0.15) is 48.7 Å². The maximum Gasteiger partial charge on any atom is 0.258 e. The van der Waals surface area contributed by atoms with Crippen molar-refractivity contribution < 1.29 is 24.5 Å². The van der Waals surface area contributed by atoms with Gasteiger partial charge in [0.2, 0.25) is 0 Å². The van der Waals surface area contributed by atoms with Gasteiger partial charge in [-0.1, -0.05) is 62.4 Å². The molecule has 0 fully saturated rings. The van der Waals surface area contributed by atoms with Gasteiger partial charge < -0.3 is 25.2 Å². The van der Waals surface area contributed by atoms with Gasteiger partial charge in [-0.25, -0.2) is 4.39 Å². The average molecular weight is 531 g/mol. The molecule has 0 bridgehead atoms. The Morgan fingerprint density at radius 2 is 1.49 bits per heavy atom. The molecule has 0 aliphatic rings. The molecule has 39 heavy (non-hydrogen) atoms. The molecule has 204 valence electrons. The molecule has 0 aliphatic heterocycles. The van der Waals surface area contributed by atoms with E-state index in [9.17, 15) is 24.5 Å². The normalized spacial score (nSPS) is 12.9. The van der Waals surface area contributed by atoms with Crippen LogP contribution in [0.2, 0.25) is 0 Å². The Morgan fingerprint density at radius 1 is 0.872 bits per heavy atom. The fraction of sp³-hybridized carbons (Fsp3) is 0.281. The number of amides is 1. The number of nitrogens with one attached hydrogen (secondary N) is 1. The molecule has 6 nitrogen and oxygen atoms in total. The molecule has 0 saturated heterocycles. The lowest BCUT2D eigenvalue weighted by molar-refractivity contribution is 0.0560. The smallest absolute Gasteiger partial charge is 0.258 e. The Balaban J connectivity index is 1.97. The minimum atomic E-state index is -0.954. The number of carbonyl (C=O) groups is 1. The molecule has 0 spiro atoms. The Morgan fingerprint density at radius 3 is 2.08 bits per heavy atom. The zero-order chi connectivity index (χ0) is 27.9. The van der Waals surface area contributed by atoms with E-state index in [0.717, 1.165) is 11.3 Å². The fourth-order valence-electron chi connectivity index (χ4n) is 5.03. The van der Waals surface area contributed by atoms with Crippen molar-refractivity contribution in [3.63, 3.8) is 0 Å². The van der Waals surface area contributed by atoms with Crippen molar-refractivity contribution in [3.8, 4) is 22.4 Å². The van der Waals surface area contributed by atoms with E-state index >= 15 is 0 Å². The Kier molecular flexibility index (Phi) is 9.30. The lowest BCUT2D eigenvalue weighted by Gasteiger charge is -2.21. The predicted molar refractivity (Wildman–Crippen MR) is 152 cm³/mol. The molecule has 2 atom stereocenters. The second kappa shape index (κ2) is 12.8. The molecule has 1 heterocycles. The summed E-state index contributed by atoms with van der Waals surface area (Å²) in [6, 6.07) is 24.9. The van der Waals surface area contributed by atoms with Crippen LogP contribution < -0.4 is 5.32 Å². The summed E-state index contributed by atoms with van der Waals surface area (Å²) in [5.74, 6) is -0.787. The molecule has 0 aliphatic carbocycles. The van der Waals surface area contributed by atoms with E-state index in [1.807, 2.05) is 79.1 Å². The van der Waals surface area contributed by atoms with Crippen LogP contribution in [0.5, 0.6) is 0 Å². The van der Waals surface area contributed by atoms with Crippen LogP contribution in [0.3, 0.4) is 0 Å². The topological polar surface area (TPSA) is 94.7 Å². The highest BCUT2D eigenvalue weighted by atomic mass is 19.1. The minimum Gasteiger partial charge on any atom is -0.396 e. The summed E-state index contributed by atoms with van der Waals surface area (Å²) in [5.41, 5.74) is 4.71. The number of benzene rings is 3. The van der Waals surface area contributed by atoms with E-state index in [2.05, 4.69) is 5.32 Å². The highest BCUT2D eigenvalue weighted by Crippen LogP contribution is 2.42. The summed E-state index contributed by atoms with van der Waals surface area (Å²) in [6.45, 7) is 3.89. The molecule has 2 unspecified atom stereocenters. The van der Waals surface area contributed by atoms with Crippen LogP contribution >= 0.6 is 0 Å². The molecule has 7 heteroatoms. The van der Waals surface area contributed by atoms with Crippen molar-refractivity contribution in [1.29, 1.82) is 0 Å². The van der Waals surface area contributed by atoms with Gasteiger partial charge in [-0.2, -0.15) is 0 Å². The first kappa shape index (κ1) is 28.2. The number of halogens is 1. The summed E-state index contributed by atoms with van der Waals surface area (Å²) < 4.78 is 15.9. The third-order valence-electron chi connectivity index (χ3n) is 6.69. The summed E-state index contributed by atoms with van der Waals surface area (Å²) in [4.78, 5) is 14.0. The number of para-hydroxylation sites is 1. The Bertz CT molecular complexity index is 1370. The predicted octanol–water partition coefficient (Wildman–Crippen LogP) is 5.83. The van der Waals surface area contributed by atoms with Crippen LogP contribution in [-0.4, -0.2) is 44.6 Å². The zero-order valence-corrected chi connectivity index (χ0v) is 22.2. The summed E-state index contributed by atoms with van der Waals surface area (Å²) >= 11 is 0. The van der Waals surface area contributed by atoms with Gasteiger partial charge in [-0.05, 0) is 59.9 Å². The molecular formula is C32H35FN2O4. The molecule has 1 aromatic heterocycles. The Labute approximate surface area is 228 Å². The van der Waals surface area contributed by atoms with Crippen molar-refractivity contribution in [1.82, 2.24) is 4.57 Å². The zero-order valence-electron chi connectivity index (χ0n) is 22.2. The highest BCUT2D eigenvalue weighted by molar-refractivity contribution is 6.12. The summed E-state index contributed by atoms with van der Waals surface area (Å²) in [5, 5.41) is 33.5. The number of hydrogen-bond donors (Lipinski definition) is 4. The van der Waals surface area contributed by atoms with Crippen molar-refractivity contribution in [2.24, 2.45) is 0 Å². The number of nitrogens with zero attached hydrogens (tertiary/aromatic N) is 1. The molecule has 4 aromatic rings. The summed E-state index contributed by atoms with van der Waals surface area (Å²) in [7, 11) is 0. The van der Waals surface area contributed by atoms with Crippen LogP contribution in [0.25, 0.3) is 22.4 Å². The monoisotopic (exact) mass is 530 g/mol. The quantitative estimate of drug-likeness (QED) is 0.196. The number of aliphatic hydroxyl groups is 3. The molecule has 4 N–H and O–H groups in total. The van der Waals surface area contributed by atoms with Gasteiger partial charge in [-0.3, -0.25) is 4.79 Å². The number of hydrogen-bond acceptors (Lipinski definition) is 4. The second-order valence-electron chi connectivity index (χ2n) is 10.00. The van der Waals surface area contributed by atoms with Gasteiger partial charge in [0.15, 0.2) is 0 Å². The first-order chi connectivity index (χ1) is 18.8. The first-order valence-electron chi connectivity index (χ1n) is 13.2. The van der Waals surface area contributed by atoms with Crippen molar-refractivity contribution in [3.05, 3.63) is 102 Å². The maximum atomic E-state index is 14.0. The largest absolute Gasteiger partial charge is 0.396 e. The highest BCUT2D eigenvalue weighted by Gasteiger charge is 2.31.